The molecule has 10 heteroatoms. The highest BCUT2D eigenvalue weighted by Crippen LogP contribution is 2.31. The summed E-state index contributed by atoms with van der Waals surface area (Å²) >= 11 is 4.26. The largest absolute Gasteiger partial charge is 0.333 e. The molecule has 5 rings (SSSR count). The van der Waals surface area contributed by atoms with Gasteiger partial charge < -0.3 is 15.6 Å². The third kappa shape index (κ3) is 5.58. The van der Waals surface area contributed by atoms with Gasteiger partial charge >= 0.3 is 0 Å². The van der Waals surface area contributed by atoms with E-state index < -0.39 is 0 Å². The smallest absolute Gasteiger partial charge is 0.234 e. The monoisotopic (exact) mass is 505 g/mol. The number of hydrogen-bond acceptors (Lipinski definition) is 7. The number of aromatic nitrogens is 3. The lowest BCUT2D eigenvalue weighted by molar-refractivity contribution is -0.114. The van der Waals surface area contributed by atoms with E-state index >= 15 is 0 Å². The van der Waals surface area contributed by atoms with Crippen LogP contribution in [-0.4, -0.2) is 38.3 Å². The summed E-state index contributed by atoms with van der Waals surface area (Å²) in [4.78, 5) is 36.9. The molecule has 0 unspecified atom stereocenters. The molecule has 3 N–H and O–H groups in total. The summed E-state index contributed by atoms with van der Waals surface area (Å²) in [6, 6.07) is 22.8. The first-order valence-electron chi connectivity index (χ1n) is 10.4. The fourth-order valence-electron chi connectivity index (χ4n) is 3.22. The highest BCUT2D eigenvalue weighted by atomic mass is 32.2. The molecular weight excluding hydrogens is 486 g/mol. The minimum Gasteiger partial charge on any atom is -0.333 e. The number of carbonyl (C=O) groups is 2. The summed E-state index contributed by atoms with van der Waals surface area (Å²) < 4.78 is 1.76. The minimum atomic E-state index is -0.110. The van der Waals surface area contributed by atoms with E-state index in [9.17, 15) is 9.59 Å². The van der Waals surface area contributed by atoms with Crippen LogP contribution in [0.3, 0.4) is 0 Å². The van der Waals surface area contributed by atoms with E-state index in [-0.39, 0.29) is 23.3 Å². The topological polar surface area (TPSA) is 99.8 Å². The molecular formula is C24H19N5O2S3. The number of imidazole rings is 1. The maximum absolute atomic E-state index is 12.4. The van der Waals surface area contributed by atoms with Gasteiger partial charge in [-0.05, 0) is 42.5 Å². The Balaban J connectivity index is 1.15. The first-order chi connectivity index (χ1) is 16.6. The molecule has 34 heavy (non-hydrogen) atoms. The van der Waals surface area contributed by atoms with E-state index in [1.807, 2.05) is 72.8 Å². The number of nitrogens with one attached hydrogen (secondary N) is 3. The number of aromatic amines is 1. The second-order valence-electron chi connectivity index (χ2n) is 7.26. The first-order valence-corrected chi connectivity index (χ1v) is 13.2. The number of anilines is 2. The fourth-order valence-corrected chi connectivity index (χ4v) is 5.81. The quantitative estimate of drug-likeness (QED) is 0.236. The number of hydrogen-bond donors (Lipinski definition) is 3. The van der Waals surface area contributed by atoms with Gasteiger partial charge in [-0.25, -0.2) is 9.97 Å². The molecule has 0 bridgehead atoms. The van der Waals surface area contributed by atoms with Crippen molar-refractivity contribution in [3.8, 4) is 0 Å². The molecule has 7 nitrogen and oxygen atoms in total. The van der Waals surface area contributed by atoms with Crippen molar-refractivity contribution in [1.82, 2.24) is 15.0 Å². The molecule has 170 valence electrons. The lowest BCUT2D eigenvalue weighted by Crippen LogP contribution is -2.13. The summed E-state index contributed by atoms with van der Waals surface area (Å²) in [5.41, 5.74) is 4.16. The third-order valence-corrected chi connectivity index (χ3v) is 7.78. The number of benzene rings is 3. The van der Waals surface area contributed by atoms with Crippen LogP contribution >= 0.6 is 34.9 Å². The zero-order chi connectivity index (χ0) is 23.3. The molecule has 0 aliphatic heterocycles. The van der Waals surface area contributed by atoms with Crippen molar-refractivity contribution in [2.24, 2.45) is 0 Å². The van der Waals surface area contributed by atoms with Crippen molar-refractivity contribution < 1.29 is 9.59 Å². The van der Waals surface area contributed by atoms with Crippen LogP contribution in [0.4, 0.5) is 11.4 Å². The Hall–Kier alpha value is -3.34. The Morgan fingerprint density at radius 2 is 1.53 bits per heavy atom. The molecule has 0 saturated carbocycles. The summed E-state index contributed by atoms with van der Waals surface area (Å²) in [5, 5.41) is 6.52. The predicted molar refractivity (Wildman–Crippen MR) is 141 cm³/mol. The van der Waals surface area contributed by atoms with Crippen LogP contribution in [0.15, 0.2) is 82.3 Å². The van der Waals surface area contributed by atoms with Gasteiger partial charge in [-0.1, -0.05) is 53.9 Å². The van der Waals surface area contributed by atoms with Crippen LogP contribution in [0.2, 0.25) is 0 Å². The van der Waals surface area contributed by atoms with Crippen LogP contribution in [0.25, 0.3) is 21.3 Å². The van der Waals surface area contributed by atoms with Gasteiger partial charge in [-0.15, -0.1) is 11.3 Å². The lowest BCUT2D eigenvalue weighted by Gasteiger charge is -2.04. The van der Waals surface area contributed by atoms with Gasteiger partial charge in [-0.3, -0.25) is 9.59 Å². The van der Waals surface area contributed by atoms with E-state index in [4.69, 9.17) is 0 Å². The number of rotatable bonds is 8. The van der Waals surface area contributed by atoms with Crippen LogP contribution in [0, 0.1) is 0 Å². The van der Waals surface area contributed by atoms with Crippen molar-refractivity contribution in [3.63, 3.8) is 0 Å². The SMILES string of the molecule is O=C(CSc1nc2ccccc2[nH]1)Nc1ccc2nc(SCC(=O)Nc3ccccc3)sc2c1. The number of carbonyl (C=O) groups excluding carboxylic acids is 2. The van der Waals surface area contributed by atoms with Gasteiger partial charge in [0.15, 0.2) is 9.50 Å². The number of H-pyrrole nitrogens is 1. The highest BCUT2D eigenvalue weighted by Gasteiger charge is 2.11. The predicted octanol–water partition coefficient (Wildman–Crippen LogP) is 5.63. The number of fused-ring (bicyclic) bond motifs is 2. The standard InChI is InChI=1S/C24H19N5O2S3/c30-21(13-32-23-27-17-8-4-5-9-18(17)28-23)26-16-10-11-19-20(12-16)34-24(29-19)33-14-22(31)25-15-6-2-1-3-7-15/h1-12H,13-14H2,(H,25,31)(H,26,30)(H,27,28). The van der Waals surface area contributed by atoms with Crippen molar-refractivity contribution >= 4 is 79.3 Å². The van der Waals surface area contributed by atoms with E-state index in [1.165, 1.54) is 34.9 Å². The van der Waals surface area contributed by atoms with E-state index in [0.29, 0.717) is 10.8 Å². The van der Waals surface area contributed by atoms with Crippen molar-refractivity contribution in [2.75, 3.05) is 22.1 Å². The Labute approximate surface area is 207 Å². The maximum atomic E-state index is 12.4. The summed E-state index contributed by atoms with van der Waals surface area (Å²) in [6.45, 7) is 0. The van der Waals surface area contributed by atoms with Gasteiger partial charge in [0, 0.05) is 11.4 Å². The Bertz CT molecular complexity index is 1430. The normalized spacial score (nSPS) is 11.1. The molecule has 2 aromatic heterocycles. The molecule has 0 saturated heterocycles. The van der Waals surface area contributed by atoms with E-state index in [1.54, 1.807) is 0 Å². The van der Waals surface area contributed by atoms with Crippen molar-refractivity contribution in [2.45, 2.75) is 9.50 Å². The highest BCUT2D eigenvalue weighted by molar-refractivity contribution is 8.01. The molecule has 0 aliphatic rings. The number of para-hydroxylation sites is 3. The molecule has 2 amide bonds. The van der Waals surface area contributed by atoms with Gasteiger partial charge in [0.05, 0.1) is 32.8 Å². The molecule has 2 heterocycles. The van der Waals surface area contributed by atoms with Gasteiger partial charge in [0.1, 0.15) is 0 Å². The van der Waals surface area contributed by atoms with Gasteiger partial charge in [0.2, 0.25) is 11.8 Å². The number of thioether (sulfide) groups is 2. The number of amides is 2. The Morgan fingerprint density at radius 1 is 0.794 bits per heavy atom. The third-order valence-electron chi connectivity index (χ3n) is 4.74. The van der Waals surface area contributed by atoms with Gasteiger partial charge in [-0.2, -0.15) is 0 Å². The molecule has 0 atom stereocenters. The van der Waals surface area contributed by atoms with Crippen molar-refractivity contribution in [3.05, 3.63) is 72.8 Å². The van der Waals surface area contributed by atoms with Crippen molar-refractivity contribution in [1.29, 1.82) is 0 Å². The summed E-state index contributed by atoms with van der Waals surface area (Å²) in [7, 11) is 0. The van der Waals surface area contributed by atoms with Crippen LogP contribution in [0.1, 0.15) is 0 Å². The minimum absolute atomic E-state index is 0.0784. The average Bonchev–Trinajstić information content (AvgIpc) is 3.45. The van der Waals surface area contributed by atoms with Crippen LogP contribution in [0.5, 0.6) is 0 Å². The molecule has 0 aliphatic carbocycles. The lowest BCUT2D eigenvalue weighted by atomic mass is 10.3. The summed E-state index contributed by atoms with van der Waals surface area (Å²) in [6.07, 6.45) is 0. The van der Waals surface area contributed by atoms with Crippen LogP contribution < -0.4 is 10.6 Å². The molecule has 5 aromatic rings. The second kappa shape index (κ2) is 10.3. The Morgan fingerprint density at radius 3 is 2.35 bits per heavy atom. The zero-order valence-electron chi connectivity index (χ0n) is 17.8. The first kappa shape index (κ1) is 22.5. The second-order valence-corrected chi connectivity index (χ2v) is 10.5. The summed E-state index contributed by atoms with van der Waals surface area (Å²) in [5.74, 6) is 0.335. The molecule has 0 radical (unpaired) electrons. The molecule has 0 spiro atoms. The zero-order valence-corrected chi connectivity index (χ0v) is 20.2. The van der Waals surface area contributed by atoms with E-state index in [0.717, 1.165) is 31.3 Å². The van der Waals surface area contributed by atoms with Gasteiger partial charge in [0.25, 0.3) is 0 Å². The maximum Gasteiger partial charge on any atom is 0.234 e. The average molecular weight is 506 g/mol. The van der Waals surface area contributed by atoms with E-state index in [2.05, 4.69) is 25.6 Å². The molecule has 3 aromatic carbocycles. The number of nitrogens with zero attached hydrogens (tertiary/aromatic N) is 2. The van der Waals surface area contributed by atoms with Crippen LogP contribution in [-0.2, 0) is 9.59 Å². The fraction of sp³-hybridized carbons (Fsp3) is 0.0833. The number of thiazole rings is 1. The molecule has 0 fully saturated rings. The Kier molecular flexibility index (Phi) is 6.79.